The first-order valence-electron chi connectivity index (χ1n) is 11.8. The minimum atomic E-state index is -0.233. The number of imidazole rings is 1. The number of nitrogens with zero attached hydrogens (tertiary/aromatic N) is 5. The second-order valence-electron chi connectivity index (χ2n) is 8.29. The largest absolute Gasteiger partial charge is 0.492 e. The lowest BCUT2D eigenvalue weighted by molar-refractivity contribution is 0.102. The van der Waals surface area contributed by atoms with Gasteiger partial charge in [0.25, 0.3) is 5.91 Å². The van der Waals surface area contributed by atoms with E-state index in [4.69, 9.17) is 4.74 Å². The summed E-state index contributed by atoms with van der Waals surface area (Å²) in [6, 6.07) is 18.4. The molecule has 0 saturated carbocycles. The standard InChI is InChI=1S/C28H25N7O2/c1-20-7-8-21(16-26(20)34-28-31-11-9-25(33-28)22-4-3-10-29-18-22)27(36)32-23-5-2-6-24(17-23)37-15-14-35-13-12-30-19-35/h2-13,16-19H,14-15H2,1H3,(H,32,36)(H,31,33,34). The van der Waals surface area contributed by atoms with Crippen molar-refractivity contribution in [2.75, 3.05) is 17.2 Å². The van der Waals surface area contributed by atoms with E-state index in [1.165, 1.54) is 0 Å². The monoisotopic (exact) mass is 491 g/mol. The summed E-state index contributed by atoms with van der Waals surface area (Å²) in [5, 5.41) is 6.18. The lowest BCUT2D eigenvalue weighted by Gasteiger charge is -2.12. The van der Waals surface area contributed by atoms with Gasteiger partial charge in [-0.2, -0.15) is 0 Å². The van der Waals surface area contributed by atoms with Crippen LogP contribution in [0, 0.1) is 6.92 Å². The first-order valence-corrected chi connectivity index (χ1v) is 11.8. The SMILES string of the molecule is Cc1ccc(C(=O)Nc2cccc(OCCn3ccnc3)c2)cc1Nc1nccc(-c2cccnc2)n1. The van der Waals surface area contributed by atoms with Gasteiger partial charge in [0.1, 0.15) is 12.4 Å². The Hall–Kier alpha value is -5.05. The fourth-order valence-electron chi connectivity index (χ4n) is 3.67. The maximum absolute atomic E-state index is 13.0. The summed E-state index contributed by atoms with van der Waals surface area (Å²) >= 11 is 0. The van der Waals surface area contributed by atoms with Crippen molar-refractivity contribution < 1.29 is 9.53 Å². The maximum atomic E-state index is 13.0. The van der Waals surface area contributed by atoms with E-state index in [1.54, 1.807) is 49.3 Å². The van der Waals surface area contributed by atoms with Gasteiger partial charge in [0.05, 0.1) is 18.6 Å². The Morgan fingerprint density at radius 1 is 1.00 bits per heavy atom. The molecule has 5 aromatic rings. The van der Waals surface area contributed by atoms with Gasteiger partial charge in [0.2, 0.25) is 5.95 Å². The highest BCUT2D eigenvalue weighted by molar-refractivity contribution is 6.05. The fraction of sp³-hybridized carbons (Fsp3) is 0.107. The quantitative estimate of drug-likeness (QED) is 0.295. The van der Waals surface area contributed by atoms with Crippen LogP contribution < -0.4 is 15.4 Å². The number of pyridine rings is 1. The van der Waals surface area contributed by atoms with Crippen LogP contribution in [-0.2, 0) is 6.54 Å². The predicted octanol–water partition coefficient (Wildman–Crippen LogP) is 5.12. The molecule has 0 aliphatic heterocycles. The molecule has 0 bridgehead atoms. The van der Waals surface area contributed by atoms with Crippen molar-refractivity contribution in [1.29, 1.82) is 0 Å². The number of benzene rings is 2. The Kier molecular flexibility index (Phi) is 7.12. The van der Waals surface area contributed by atoms with Crippen LogP contribution in [0.4, 0.5) is 17.3 Å². The number of rotatable bonds is 9. The average molecular weight is 492 g/mol. The summed E-state index contributed by atoms with van der Waals surface area (Å²) in [6.45, 7) is 3.13. The maximum Gasteiger partial charge on any atom is 0.255 e. The zero-order valence-electron chi connectivity index (χ0n) is 20.2. The van der Waals surface area contributed by atoms with E-state index < -0.39 is 0 Å². The van der Waals surface area contributed by atoms with Gasteiger partial charge in [-0.15, -0.1) is 0 Å². The van der Waals surface area contributed by atoms with Gasteiger partial charge in [-0.1, -0.05) is 12.1 Å². The molecule has 37 heavy (non-hydrogen) atoms. The topological polar surface area (TPSA) is 107 Å². The van der Waals surface area contributed by atoms with Crippen LogP contribution in [0.1, 0.15) is 15.9 Å². The lowest BCUT2D eigenvalue weighted by atomic mass is 10.1. The average Bonchev–Trinajstić information content (AvgIpc) is 3.44. The van der Waals surface area contributed by atoms with E-state index in [-0.39, 0.29) is 5.91 Å². The van der Waals surface area contributed by atoms with Crippen LogP contribution in [-0.4, -0.2) is 37.0 Å². The Morgan fingerprint density at radius 2 is 1.95 bits per heavy atom. The van der Waals surface area contributed by atoms with Crippen molar-refractivity contribution in [1.82, 2.24) is 24.5 Å². The van der Waals surface area contributed by atoms with Crippen LogP contribution in [0.3, 0.4) is 0 Å². The van der Waals surface area contributed by atoms with Crippen molar-refractivity contribution in [3.63, 3.8) is 0 Å². The molecule has 0 aliphatic carbocycles. The van der Waals surface area contributed by atoms with E-state index >= 15 is 0 Å². The minimum absolute atomic E-state index is 0.233. The highest BCUT2D eigenvalue weighted by Gasteiger charge is 2.11. The first kappa shape index (κ1) is 23.7. The van der Waals surface area contributed by atoms with E-state index in [9.17, 15) is 4.79 Å². The molecule has 0 radical (unpaired) electrons. The lowest BCUT2D eigenvalue weighted by Crippen LogP contribution is -2.13. The second kappa shape index (κ2) is 11.1. The Labute approximate surface area is 214 Å². The molecule has 0 fully saturated rings. The molecule has 2 N–H and O–H groups in total. The Bertz CT molecular complexity index is 1490. The molecule has 5 rings (SSSR count). The first-order chi connectivity index (χ1) is 18.1. The number of ether oxygens (including phenoxy) is 1. The zero-order chi connectivity index (χ0) is 25.5. The van der Waals surface area contributed by atoms with Crippen molar-refractivity contribution >= 4 is 23.2 Å². The molecule has 2 aromatic carbocycles. The number of nitrogens with one attached hydrogen (secondary N) is 2. The Morgan fingerprint density at radius 3 is 2.78 bits per heavy atom. The summed E-state index contributed by atoms with van der Waals surface area (Å²) in [4.78, 5) is 30.1. The number of carbonyl (C=O) groups is 1. The van der Waals surface area contributed by atoms with Crippen molar-refractivity contribution in [3.8, 4) is 17.0 Å². The molecule has 9 heteroatoms. The van der Waals surface area contributed by atoms with Crippen LogP contribution in [0.2, 0.25) is 0 Å². The highest BCUT2D eigenvalue weighted by Crippen LogP contribution is 2.24. The van der Waals surface area contributed by atoms with Crippen LogP contribution in [0.15, 0.2) is 98.0 Å². The zero-order valence-corrected chi connectivity index (χ0v) is 20.2. The number of anilines is 3. The number of aryl methyl sites for hydroxylation is 1. The van der Waals surface area contributed by atoms with Crippen molar-refractivity contribution in [2.24, 2.45) is 0 Å². The normalized spacial score (nSPS) is 10.6. The summed E-state index contributed by atoms with van der Waals surface area (Å²) in [7, 11) is 0. The fourth-order valence-corrected chi connectivity index (χ4v) is 3.67. The van der Waals surface area contributed by atoms with E-state index in [0.29, 0.717) is 36.1 Å². The smallest absolute Gasteiger partial charge is 0.255 e. The molecule has 0 spiro atoms. The highest BCUT2D eigenvalue weighted by atomic mass is 16.5. The van der Waals surface area contributed by atoms with Crippen molar-refractivity contribution in [2.45, 2.75) is 13.5 Å². The van der Waals surface area contributed by atoms with Crippen LogP contribution in [0.5, 0.6) is 5.75 Å². The molecule has 0 aliphatic rings. The van der Waals surface area contributed by atoms with Gasteiger partial charge in [-0.25, -0.2) is 15.0 Å². The molecular formula is C28H25N7O2. The predicted molar refractivity (Wildman–Crippen MR) is 142 cm³/mol. The molecule has 184 valence electrons. The second-order valence-corrected chi connectivity index (χ2v) is 8.29. The molecule has 0 unspecified atom stereocenters. The number of carbonyl (C=O) groups excluding carboxylic acids is 1. The number of aromatic nitrogens is 5. The molecule has 9 nitrogen and oxygen atoms in total. The minimum Gasteiger partial charge on any atom is -0.492 e. The summed E-state index contributed by atoms with van der Waals surface area (Å²) in [6.07, 6.45) is 10.5. The molecule has 0 atom stereocenters. The number of hydrogen-bond donors (Lipinski definition) is 2. The summed E-state index contributed by atoms with van der Waals surface area (Å²) < 4.78 is 7.76. The van der Waals surface area contributed by atoms with Crippen molar-refractivity contribution in [3.05, 3.63) is 109 Å². The van der Waals surface area contributed by atoms with Gasteiger partial charge in [0.15, 0.2) is 0 Å². The van der Waals surface area contributed by atoms with Gasteiger partial charge in [-0.3, -0.25) is 9.78 Å². The molecule has 3 aromatic heterocycles. The number of amides is 1. The van der Waals surface area contributed by atoms with E-state index in [0.717, 1.165) is 22.5 Å². The third-order valence-corrected chi connectivity index (χ3v) is 5.63. The number of hydrogen-bond acceptors (Lipinski definition) is 7. The van der Waals surface area contributed by atoms with Gasteiger partial charge >= 0.3 is 0 Å². The molecular weight excluding hydrogens is 466 g/mol. The van der Waals surface area contributed by atoms with Gasteiger partial charge in [-0.05, 0) is 55.0 Å². The van der Waals surface area contributed by atoms with E-state index in [1.807, 2.05) is 60.2 Å². The summed E-state index contributed by atoms with van der Waals surface area (Å²) in [5.41, 5.74) is 4.50. The van der Waals surface area contributed by atoms with E-state index in [2.05, 4.69) is 30.6 Å². The molecule has 1 amide bonds. The molecule has 0 saturated heterocycles. The van der Waals surface area contributed by atoms with Crippen LogP contribution in [0.25, 0.3) is 11.3 Å². The van der Waals surface area contributed by atoms with Crippen LogP contribution >= 0.6 is 0 Å². The Balaban J connectivity index is 1.25. The third kappa shape index (κ3) is 6.15. The third-order valence-electron chi connectivity index (χ3n) is 5.63. The molecule has 3 heterocycles. The summed E-state index contributed by atoms with van der Waals surface area (Å²) in [5.74, 6) is 0.876. The van der Waals surface area contributed by atoms with Gasteiger partial charge < -0.3 is 19.9 Å². The van der Waals surface area contributed by atoms with Gasteiger partial charge in [0, 0.05) is 59.6 Å².